The quantitative estimate of drug-likeness (QED) is 0.824. The number of ether oxygens (including phenoxy) is 2. The van der Waals surface area contributed by atoms with Crippen molar-refractivity contribution in [3.63, 3.8) is 0 Å². The van der Waals surface area contributed by atoms with E-state index in [1.54, 1.807) is 14.2 Å². The molecule has 0 aromatic heterocycles. The van der Waals surface area contributed by atoms with Gasteiger partial charge in [-0.2, -0.15) is 0 Å². The molecule has 0 spiro atoms. The lowest BCUT2D eigenvalue weighted by Crippen LogP contribution is -2.41. The van der Waals surface area contributed by atoms with Crippen molar-refractivity contribution in [2.75, 3.05) is 27.3 Å². The van der Waals surface area contributed by atoms with Crippen LogP contribution < -0.4 is 9.47 Å². The van der Waals surface area contributed by atoms with Crippen LogP contribution in [0.3, 0.4) is 0 Å². The van der Waals surface area contributed by atoms with Crippen LogP contribution in [0.1, 0.15) is 42.0 Å². The highest BCUT2D eigenvalue weighted by atomic mass is 16.5. The molecular formula is C23H29NO3. The standard InChI is InChI=1S/C23H29NO3/c1-26-19-7-8-20-18(14-19)10-11-24(15-16-4-3-5-16)21(20)12-17-6-9-23(27-2)22(25)13-17/h6-9,13-14,16,21,25H,3-5,10-12,15H2,1-2H3/t21-/m0/s1. The van der Waals surface area contributed by atoms with Crippen molar-refractivity contribution in [3.05, 3.63) is 53.1 Å². The molecule has 0 amide bonds. The molecule has 1 heterocycles. The zero-order valence-electron chi connectivity index (χ0n) is 16.3. The predicted octanol–water partition coefficient (Wildman–Crippen LogP) is 4.35. The number of methoxy groups -OCH3 is 2. The monoisotopic (exact) mass is 367 g/mol. The van der Waals surface area contributed by atoms with E-state index in [0.29, 0.717) is 11.8 Å². The summed E-state index contributed by atoms with van der Waals surface area (Å²) in [4.78, 5) is 2.65. The average Bonchev–Trinajstić information content (AvgIpc) is 2.65. The van der Waals surface area contributed by atoms with E-state index in [-0.39, 0.29) is 5.75 Å². The van der Waals surface area contributed by atoms with Gasteiger partial charge in [0, 0.05) is 19.1 Å². The maximum atomic E-state index is 10.2. The molecule has 4 heteroatoms. The number of benzene rings is 2. The van der Waals surface area contributed by atoms with Gasteiger partial charge in [0.25, 0.3) is 0 Å². The highest BCUT2D eigenvalue weighted by molar-refractivity contribution is 5.44. The summed E-state index contributed by atoms with van der Waals surface area (Å²) in [5.74, 6) is 2.52. The van der Waals surface area contributed by atoms with Crippen LogP contribution >= 0.6 is 0 Å². The summed E-state index contributed by atoms with van der Waals surface area (Å²) in [5.41, 5.74) is 3.93. The van der Waals surface area contributed by atoms with Crippen LogP contribution in [0.25, 0.3) is 0 Å². The number of rotatable bonds is 6. The van der Waals surface area contributed by atoms with Crippen molar-refractivity contribution < 1.29 is 14.6 Å². The number of phenols is 1. The molecule has 4 rings (SSSR count). The molecular weight excluding hydrogens is 338 g/mol. The van der Waals surface area contributed by atoms with Crippen LogP contribution in [0.15, 0.2) is 36.4 Å². The molecule has 1 N–H and O–H groups in total. The maximum absolute atomic E-state index is 10.2. The van der Waals surface area contributed by atoms with Crippen LogP contribution in [-0.4, -0.2) is 37.3 Å². The van der Waals surface area contributed by atoms with Crippen molar-refractivity contribution in [3.8, 4) is 17.2 Å². The van der Waals surface area contributed by atoms with Gasteiger partial charge in [0.05, 0.1) is 14.2 Å². The molecule has 2 aliphatic rings. The maximum Gasteiger partial charge on any atom is 0.160 e. The molecule has 0 bridgehead atoms. The fraction of sp³-hybridized carbons (Fsp3) is 0.478. The molecule has 4 nitrogen and oxygen atoms in total. The summed E-state index contributed by atoms with van der Waals surface area (Å²) in [6.45, 7) is 2.27. The highest BCUT2D eigenvalue weighted by Crippen LogP contribution is 2.38. The van der Waals surface area contributed by atoms with Gasteiger partial charge in [-0.3, -0.25) is 4.90 Å². The van der Waals surface area contributed by atoms with E-state index in [4.69, 9.17) is 9.47 Å². The van der Waals surface area contributed by atoms with Crippen LogP contribution in [-0.2, 0) is 12.8 Å². The largest absolute Gasteiger partial charge is 0.504 e. The summed E-state index contributed by atoms with van der Waals surface area (Å²) in [6, 6.07) is 12.6. The zero-order valence-corrected chi connectivity index (χ0v) is 16.3. The number of phenolic OH excluding ortho intramolecular Hbond substituents is 1. The Morgan fingerprint density at radius 1 is 1.07 bits per heavy atom. The Labute approximate surface area is 161 Å². The minimum atomic E-state index is 0.214. The van der Waals surface area contributed by atoms with Crippen molar-refractivity contribution in [1.82, 2.24) is 4.90 Å². The van der Waals surface area contributed by atoms with E-state index >= 15 is 0 Å². The van der Waals surface area contributed by atoms with Gasteiger partial charge in [0.1, 0.15) is 5.75 Å². The van der Waals surface area contributed by atoms with Gasteiger partial charge >= 0.3 is 0 Å². The number of aromatic hydroxyl groups is 1. The first-order valence-electron chi connectivity index (χ1n) is 9.94. The number of hydrogen-bond donors (Lipinski definition) is 1. The Bertz CT molecular complexity index is 800. The fourth-order valence-electron chi connectivity index (χ4n) is 4.42. The smallest absolute Gasteiger partial charge is 0.160 e. The van der Waals surface area contributed by atoms with Crippen molar-refractivity contribution in [2.45, 2.75) is 38.1 Å². The summed E-state index contributed by atoms with van der Waals surface area (Å²) in [7, 11) is 3.31. The minimum Gasteiger partial charge on any atom is -0.504 e. The van der Waals surface area contributed by atoms with Crippen molar-refractivity contribution in [1.29, 1.82) is 0 Å². The van der Waals surface area contributed by atoms with Gasteiger partial charge in [0.2, 0.25) is 0 Å². The molecule has 2 aromatic carbocycles. The lowest BCUT2D eigenvalue weighted by atomic mass is 9.82. The van der Waals surface area contributed by atoms with E-state index in [2.05, 4.69) is 29.2 Å². The van der Waals surface area contributed by atoms with Gasteiger partial charge in [-0.15, -0.1) is 0 Å². The first kappa shape index (κ1) is 18.2. The third-order valence-corrected chi connectivity index (χ3v) is 6.21. The minimum absolute atomic E-state index is 0.214. The molecule has 1 atom stereocenters. The third kappa shape index (κ3) is 3.77. The summed E-state index contributed by atoms with van der Waals surface area (Å²) < 4.78 is 10.6. The Hall–Kier alpha value is -2.20. The molecule has 27 heavy (non-hydrogen) atoms. The second-order valence-electron chi connectivity index (χ2n) is 7.83. The third-order valence-electron chi connectivity index (χ3n) is 6.21. The van der Waals surface area contributed by atoms with Crippen LogP contribution in [0, 0.1) is 5.92 Å². The Kier molecular flexibility index (Phi) is 5.26. The number of fused-ring (bicyclic) bond motifs is 1. The van der Waals surface area contributed by atoms with E-state index in [1.807, 2.05) is 12.1 Å². The van der Waals surface area contributed by atoms with Gasteiger partial charge in [-0.05, 0) is 72.6 Å². The van der Waals surface area contributed by atoms with E-state index in [9.17, 15) is 5.11 Å². The van der Waals surface area contributed by atoms with Crippen LogP contribution in [0.2, 0.25) is 0 Å². The SMILES string of the molecule is COc1ccc2c(c1)CCN(CC1CCC1)[C@H]2Cc1ccc(OC)c(O)c1. The van der Waals surface area contributed by atoms with Gasteiger partial charge in [-0.1, -0.05) is 18.6 Å². The molecule has 2 aromatic rings. The highest BCUT2D eigenvalue weighted by Gasteiger charge is 2.31. The van der Waals surface area contributed by atoms with Crippen molar-refractivity contribution in [2.24, 2.45) is 5.92 Å². The lowest BCUT2D eigenvalue weighted by Gasteiger charge is -2.41. The topological polar surface area (TPSA) is 41.9 Å². The second-order valence-corrected chi connectivity index (χ2v) is 7.83. The molecule has 1 aliphatic heterocycles. The molecule has 0 unspecified atom stereocenters. The second kappa shape index (κ2) is 7.81. The average molecular weight is 367 g/mol. The summed E-state index contributed by atoms with van der Waals surface area (Å²) in [6.07, 6.45) is 6.07. The van der Waals surface area contributed by atoms with Crippen LogP contribution in [0.5, 0.6) is 17.2 Å². The molecule has 1 saturated carbocycles. The number of hydrogen-bond acceptors (Lipinski definition) is 4. The fourth-order valence-corrected chi connectivity index (χ4v) is 4.42. The molecule has 0 radical (unpaired) electrons. The van der Waals surface area contributed by atoms with E-state index in [0.717, 1.165) is 36.6 Å². The molecule has 1 aliphatic carbocycles. The van der Waals surface area contributed by atoms with Gasteiger partial charge in [0.15, 0.2) is 11.5 Å². The Balaban J connectivity index is 1.63. The molecule has 1 fully saturated rings. The summed E-state index contributed by atoms with van der Waals surface area (Å²) in [5, 5.41) is 10.2. The normalized spacial score (nSPS) is 20.0. The first-order chi connectivity index (χ1) is 13.2. The zero-order chi connectivity index (χ0) is 18.8. The predicted molar refractivity (Wildman–Crippen MR) is 107 cm³/mol. The van der Waals surface area contributed by atoms with Crippen molar-refractivity contribution >= 4 is 0 Å². The Morgan fingerprint density at radius 3 is 2.59 bits per heavy atom. The van der Waals surface area contributed by atoms with Crippen LogP contribution in [0.4, 0.5) is 0 Å². The Morgan fingerprint density at radius 2 is 1.93 bits per heavy atom. The van der Waals surface area contributed by atoms with E-state index < -0.39 is 0 Å². The van der Waals surface area contributed by atoms with Gasteiger partial charge < -0.3 is 14.6 Å². The number of nitrogens with zero attached hydrogens (tertiary/aromatic N) is 1. The van der Waals surface area contributed by atoms with Gasteiger partial charge in [-0.25, -0.2) is 0 Å². The molecule has 144 valence electrons. The lowest BCUT2D eigenvalue weighted by molar-refractivity contribution is 0.123. The van der Waals surface area contributed by atoms with E-state index in [1.165, 1.54) is 36.9 Å². The molecule has 0 saturated heterocycles. The first-order valence-corrected chi connectivity index (χ1v) is 9.94. The summed E-state index contributed by atoms with van der Waals surface area (Å²) >= 11 is 0.